The molecule has 1 aliphatic heterocycles. The highest BCUT2D eigenvalue weighted by atomic mass is 32.2. The van der Waals surface area contributed by atoms with Gasteiger partial charge < -0.3 is 10.1 Å². The van der Waals surface area contributed by atoms with Crippen molar-refractivity contribution >= 4 is 9.84 Å². The van der Waals surface area contributed by atoms with Crippen LogP contribution in [0.5, 0.6) is 5.75 Å². The van der Waals surface area contributed by atoms with Crippen LogP contribution in [0.1, 0.15) is 29.9 Å². The van der Waals surface area contributed by atoms with E-state index in [9.17, 15) is 8.42 Å². The Bertz CT molecular complexity index is 772. The van der Waals surface area contributed by atoms with E-state index < -0.39 is 9.84 Å². The largest absolute Gasteiger partial charge is 0.497 e. The minimum absolute atomic E-state index is 0.00886. The maximum atomic E-state index is 12.5. The maximum absolute atomic E-state index is 12.5. The van der Waals surface area contributed by atoms with Crippen LogP contribution in [-0.2, 0) is 15.6 Å². The van der Waals surface area contributed by atoms with Gasteiger partial charge >= 0.3 is 0 Å². The predicted octanol–water partition coefficient (Wildman–Crippen LogP) is 3.15. The maximum Gasteiger partial charge on any atom is 0.155 e. The van der Waals surface area contributed by atoms with Crippen molar-refractivity contribution in [2.24, 2.45) is 0 Å². The number of piperidine rings is 1. The number of nitrogens with one attached hydrogen (secondary N) is 1. The zero-order valence-corrected chi connectivity index (χ0v) is 15.3. The summed E-state index contributed by atoms with van der Waals surface area (Å²) in [6.07, 6.45) is 1.88. The molecule has 2 aromatic rings. The Hall–Kier alpha value is -1.85. The van der Waals surface area contributed by atoms with Gasteiger partial charge in [0.05, 0.1) is 18.6 Å². The molecule has 4 nitrogen and oxygen atoms in total. The topological polar surface area (TPSA) is 55.4 Å². The molecule has 1 N–H and O–H groups in total. The summed E-state index contributed by atoms with van der Waals surface area (Å²) in [7, 11) is -1.47. The first-order chi connectivity index (χ1) is 12.1. The van der Waals surface area contributed by atoms with Gasteiger partial charge in [-0.05, 0) is 48.6 Å². The van der Waals surface area contributed by atoms with Gasteiger partial charge in [0.2, 0.25) is 0 Å². The van der Waals surface area contributed by atoms with Crippen LogP contribution in [0.2, 0.25) is 0 Å². The molecule has 2 aromatic carbocycles. The number of hydrogen-bond acceptors (Lipinski definition) is 4. The van der Waals surface area contributed by atoms with Gasteiger partial charge in [0, 0.05) is 6.04 Å². The summed E-state index contributed by atoms with van der Waals surface area (Å²) in [4.78, 5) is 0. The zero-order valence-electron chi connectivity index (χ0n) is 14.5. The molecule has 1 fully saturated rings. The van der Waals surface area contributed by atoms with Gasteiger partial charge in [-0.1, -0.05) is 42.5 Å². The Morgan fingerprint density at radius 1 is 1.08 bits per heavy atom. The van der Waals surface area contributed by atoms with Crippen LogP contribution in [0.4, 0.5) is 0 Å². The van der Waals surface area contributed by atoms with Crippen LogP contribution in [0.15, 0.2) is 54.6 Å². The molecule has 0 saturated carbocycles. The summed E-state index contributed by atoms with van der Waals surface area (Å²) >= 11 is 0. The van der Waals surface area contributed by atoms with Crippen molar-refractivity contribution in [1.29, 1.82) is 0 Å². The molecule has 2 unspecified atom stereocenters. The molecule has 0 spiro atoms. The number of sulfone groups is 1. The van der Waals surface area contributed by atoms with Gasteiger partial charge in [0.1, 0.15) is 5.75 Å². The monoisotopic (exact) mass is 359 g/mol. The second-order valence-corrected chi connectivity index (χ2v) is 8.79. The summed E-state index contributed by atoms with van der Waals surface area (Å²) in [5.74, 6) is 1.54. The molecule has 1 aliphatic rings. The van der Waals surface area contributed by atoms with Crippen molar-refractivity contribution in [3.63, 3.8) is 0 Å². The van der Waals surface area contributed by atoms with Crippen molar-refractivity contribution in [2.75, 3.05) is 19.4 Å². The number of methoxy groups -OCH3 is 1. The molecule has 25 heavy (non-hydrogen) atoms. The molecule has 134 valence electrons. The fourth-order valence-corrected chi connectivity index (χ4v) is 5.19. The van der Waals surface area contributed by atoms with Gasteiger partial charge in [-0.15, -0.1) is 0 Å². The fourth-order valence-electron chi connectivity index (χ4n) is 3.51. The third-order valence-corrected chi connectivity index (χ3v) is 6.45. The summed E-state index contributed by atoms with van der Waals surface area (Å²) < 4.78 is 30.3. The number of benzene rings is 2. The Morgan fingerprint density at radius 2 is 1.80 bits per heavy atom. The minimum atomic E-state index is -3.13. The van der Waals surface area contributed by atoms with Gasteiger partial charge in [0.25, 0.3) is 0 Å². The van der Waals surface area contributed by atoms with E-state index >= 15 is 0 Å². The quantitative estimate of drug-likeness (QED) is 0.861. The van der Waals surface area contributed by atoms with E-state index in [2.05, 4.69) is 17.4 Å². The summed E-state index contributed by atoms with van der Waals surface area (Å²) in [5.41, 5.74) is 2.11. The molecule has 3 rings (SSSR count). The van der Waals surface area contributed by atoms with E-state index in [4.69, 9.17) is 4.74 Å². The van der Waals surface area contributed by atoms with Crippen molar-refractivity contribution in [2.45, 2.75) is 30.6 Å². The van der Waals surface area contributed by atoms with Crippen LogP contribution in [-0.4, -0.2) is 33.9 Å². The lowest BCUT2D eigenvalue weighted by Gasteiger charge is -2.30. The normalized spacial score (nSPS) is 21.0. The SMILES string of the molecule is COc1ccc(C2CCNC(CS(=O)(=O)Cc3ccccc3)C2)cc1. The smallest absolute Gasteiger partial charge is 0.155 e. The zero-order chi connectivity index (χ0) is 17.7. The van der Waals surface area contributed by atoms with Crippen molar-refractivity contribution in [3.05, 3.63) is 65.7 Å². The first-order valence-corrected chi connectivity index (χ1v) is 10.5. The Balaban J connectivity index is 1.62. The molecule has 0 bridgehead atoms. The summed E-state index contributed by atoms with van der Waals surface area (Å²) in [6, 6.07) is 17.5. The molecular weight excluding hydrogens is 334 g/mol. The molecule has 0 radical (unpaired) electrons. The van der Waals surface area contributed by atoms with E-state index in [0.717, 1.165) is 30.7 Å². The van der Waals surface area contributed by atoms with Crippen LogP contribution < -0.4 is 10.1 Å². The molecule has 0 aliphatic carbocycles. The van der Waals surface area contributed by atoms with E-state index in [-0.39, 0.29) is 17.5 Å². The lowest BCUT2D eigenvalue weighted by Crippen LogP contribution is -2.42. The summed E-state index contributed by atoms with van der Waals surface area (Å²) in [5, 5.41) is 3.38. The van der Waals surface area contributed by atoms with Crippen molar-refractivity contribution < 1.29 is 13.2 Å². The third-order valence-electron chi connectivity index (χ3n) is 4.77. The predicted molar refractivity (Wildman–Crippen MR) is 101 cm³/mol. The Kier molecular flexibility index (Phi) is 5.76. The van der Waals surface area contributed by atoms with E-state index in [0.29, 0.717) is 5.92 Å². The Morgan fingerprint density at radius 3 is 2.48 bits per heavy atom. The van der Waals surface area contributed by atoms with Crippen LogP contribution >= 0.6 is 0 Å². The van der Waals surface area contributed by atoms with Gasteiger partial charge in [-0.25, -0.2) is 8.42 Å². The van der Waals surface area contributed by atoms with Crippen LogP contribution in [0.25, 0.3) is 0 Å². The second-order valence-electron chi connectivity index (χ2n) is 6.69. The highest BCUT2D eigenvalue weighted by molar-refractivity contribution is 7.90. The average Bonchev–Trinajstić information content (AvgIpc) is 2.62. The first kappa shape index (κ1) is 18.0. The fraction of sp³-hybridized carbons (Fsp3) is 0.400. The molecule has 0 amide bonds. The number of ether oxygens (including phenoxy) is 1. The van der Waals surface area contributed by atoms with Crippen LogP contribution in [0.3, 0.4) is 0 Å². The number of hydrogen-bond donors (Lipinski definition) is 1. The molecule has 5 heteroatoms. The Labute approximate surface area is 150 Å². The molecule has 1 heterocycles. The molecule has 1 saturated heterocycles. The van der Waals surface area contributed by atoms with Crippen molar-refractivity contribution in [3.8, 4) is 5.75 Å². The van der Waals surface area contributed by atoms with E-state index in [1.165, 1.54) is 5.56 Å². The lowest BCUT2D eigenvalue weighted by molar-refractivity contribution is 0.380. The standard InChI is InChI=1S/C20H25NO3S/c1-24-20-9-7-17(8-10-20)18-11-12-21-19(13-18)15-25(22,23)14-16-5-3-2-4-6-16/h2-10,18-19,21H,11-15H2,1H3. The second kappa shape index (κ2) is 8.02. The molecule has 0 aromatic heterocycles. The van der Waals surface area contributed by atoms with Gasteiger partial charge in [0.15, 0.2) is 9.84 Å². The first-order valence-electron chi connectivity index (χ1n) is 8.67. The van der Waals surface area contributed by atoms with Gasteiger partial charge in [-0.2, -0.15) is 0 Å². The molecular formula is C20H25NO3S. The highest BCUT2D eigenvalue weighted by Gasteiger charge is 2.27. The summed E-state index contributed by atoms with van der Waals surface area (Å²) in [6.45, 7) is 0.849. The minimum Gasteiger partial charge on any atom is -0.497 e. The van der Waals surface area contributed by atoms with Gasteiger partial charge in [-0.3, -0.25) is 0 Å². The lowest BCUT2D eigenvalue weighted by atomic mass is 9.87. The average molecular weight is 359 g/mol. The van der Waals surface area contributed by atoms with E-state index in [1.807, 2.05) is 42.5 Å². The molecule has 2 atom stereocenters. The number of rotatable bonds is 6. The van der Waals surface area contributed by atoms with Crippen molar-refractivity contribution in [1.82, 2.24) is 5.32 Å². The van der Waals surface area contributed by atoms with E-state index in [1.54, 1.807) is 7.11 Å². The highest BCUT2D eigenvalue weighted by Crippen LogP contribution is 2.29. The van der Waals surface area contributed by atoms with Crippen LogP contribution in [0, 0.1) is 0 Å². The third kappa shape index (κ3) is 5.06.